The van der Waals surface area contributed by atoms with Crippen LogP contribution >= 0.6 is 0 Å². The van der Waals surface area contributed by atoms with E-state index in [-0.39, 0.29) is 35.9 Å². The van der Waals surface area contributed by atoms with Gasteiger partial charge >= 0.3 is 6.03 Å². The lowest BCUT2D eigenvalue weighted by Crippen LogP contribution is -2.53. The van der Waals surface area contributed by atoms with Crippen molar-refractivity contribution in [2.75, 3.05) is 12.4 Å². The lowest BCUT2D eigenvalue weighted by Gasteiger charge is -2.32. The molecule has 1 saturated carbocycles. The molecule has 3 N–H and O–H groups in total. The summed E-state index contributed by atoms with van der Waals surface area (Å²) < 4.78 is 12.0. The summed E-state index contributed by atoms with van der Waals surface area (Å²) in [5.41, 5.74) is 0. The molecule has 2 amide bonds. The first kappa shape index (κ1) is 17.4. The predicted octanol–water partition coefficient (Wildman–Crippen LogP) is 1.38. The van der Waals surface area contributed by atoms with Crippen molar-refractivity contribution in [2.45, 2.75) is 63.8 Å². The van der Waals surface area contributed by atoms with Gasteiger partial charge in [-0.1, -0.05) is 26.7 Å². The van der Waals surface area contributed by atoms with Gasteiger partial charge in [-0.05, 0) is 25.7 Å². The fourth-order valence-electron chi connectivity index (χ4n) is 2.51. The molecule has 0 aromatic rings. The second kappa shape index (κ2) is 8.62. The molecule has 1 aliphatic carbocycles. The Bertz CT molecular complexity index is 338. The molecule has 0 aromatic carbocycles. The number of aliphatic hydroxyl groups excluding tert-OH is 1. The first-order valence-corrected chi connectivity index (χ1v) is 8.92. The highest BCUT2D eigenvalue weighted by atomic mass is 32.2. The highest BCUT2D eigenvalue weighted by molar-refractivity contribution is 7.85. The van der Waals surface area contributed by atoms with E-state index in [2.05, 4.69) is 10.6 Å². The van der Waals surface area contributed by atoms with Crippen LogP contribution in [0.15, 0.2) is 0 Å². The van der Waals surface area contributed by atoms with Crippen molar-refractivity contribution in [1.82, 2.24) is 10.6 Å². The molecule has 0 heterocycles. The molecule has 118 valence electrons. The van der Waals surface area contributed by atoms with E-state index in [0.717, 1.165) is 25.7 Å². The minimum Gasteiger partial charge on any atom is -0.396 e. The maximum atomic E-state index is 12.0. The Morgan fingerprint density at radius 1 is 1.35 bits per heavy atom. The Morgan fingerprint density at radius 2 is 2.00 bits per heavy atom. The molecule has 0 spiro atoms. The Kier molecular flexibility index (Phi) is 7.51. The van der Waals surface area contributed by atoms with Gasteiger partial charge in [-0.2, -0.15) is 0 Å². The molecular weight excluding hydrogens is 276 g/mol. The second-order valence-corrected chi connectivity index (χ2v) is 7.61. The van der Waals surface area contributed by atoms with Crippen LogP contribution in [0.2, 0.25) is 0 Å². The van der Waals surface area contributed by atoms with Crippen LogP contribution in [0.1, 0.15) is 46.5 Å². The van der Waals surface area contributed by atoms with Gasteiger partial charge in [-0.3, -0.25) is 4.21 Å². The molecule has 1 rings (SSSR count). The number of carbonyl (C=O) groups is 1. The van der Waals surface area contributed by atoms with Gasteiger partial charge in [0.1, 0.15) is 0 Å². The van der Waals surface area contributed by atoms with Crippen molar-refractivity contribution in [2.24, 2.45) is 5.92 Å². The summed E-state index contributed by atoms with van der Waals surface area (Å²) >= 11 is 0. The van der Waals surface area contributed by atoms with Crippen molar-refractivity contribution in [3.05, 3.63) is 0 Å². The Morgan fingerprint density at radius 3 is 2.60 bits per heavy atom. The van der Waals surface area contributed by atoms with Crippen molar-refractivity contribution >= 4 is 16.8 Å². The first-order chi connectivity index (χ1) is 9.49. The van der Waals surface area contributed by atoms with Gasteiger partial charge in [-0.25, -0.2) is 4.79 Å². The van der Waals surface area contributed by atoms with Gasteiger partial charge in [-0.15, -0.1) is 0 Å². The average Bonchev–Trinajstić information content (AvgIpc) is 2.45. The number of carbonyl (C=O) groups excluding carboxylic acids is 1. The van der Waals surface area contributed by atoms with E-state index in [1.165, 1.54) is 0 Å². The fourth-order valence-corrected chi connectivity index (χ4v) is 3.94. The zero-order valence-electron chi connectivity index (χ0n) is 12.7. The normalized spacial score (nSPS) is 27.4. The van der Waals surface area contributed by atoms with E-state index in [1.54, 1.807) is 0 Å². The van der Waals surface area contributed by atoms with Crippen LogP contribution in [0.4, 0.5) is 4.79 Å². The average molecular weight is 304 g/mol. The number of hydrogen-bond acceptors (Lipinski definition) is 3. The standard InChI is InChI=1S/C14H28N2O3S/c1-4-20(19)13-8-6-5-7-12(13)16-14(18)15-11(3)10(2)9-17/h10-13,17H,4-9H2,1-3H3,(H2,15,16,18). The molecule has 0 bridgehead atoms. The molecule has 20 heavy (non-hydrogen) atoms. The van der Waals surface area contributed by atoms with Crippen molar-refractivity contribution < 1.29 is 14.1 Å². The molecule has 0 aromatic heterocycles. The monoisotopic (exact) mass is 304 g/mol. The smallest absolute Gasteiger partial charge is 0.315 e. The third kappa shape index (κ3) is 5.05. The van der Waals surface area contributed by atoms with Gasteiger partial charge in [0.05, 0.1) is 5.25 Å². The van der Waals surface area contributed by atoms with Gasteiger partial charge in [0.15, 0.2) is 0 Å². The predicted molar refractivity (Wildman–Crippen MR) is 82.1 cm³/mol. The zero-order chi connectivity index (χ0) is 15.1. The fraction of sp³-hybridized carbons (Fsp3) is 0.929. The molecule has 1 fully saturated rings. The molecule has 6 heteroatoms. The van der Waals surface area contributed by atoms with Crippen LogP contribution in [0, 0.1) is 5.92 Å². The van der Waals surface area contributed by atoms with Crippen molar-refractivity contribution in [1.29, 1.82) is 0 Å². The maximum Gasteiger partial charge on any atom is 0.315 e. The van der Waals surface area contributed by atoms with Gasteiger partial charge in [0.2, 0.25) is 0 Å². The highest BCUT2D eigenvalue weighted by Crippen LogP contribution is 2.23. The molecule has 5 atom stereocenters. The van der Waals surface area contributed by atoms with E-state index in [4.69, 9.17) is 5.11 Å². The molecule has 1 aliphatic rings. The Hall–Kier alpha value is -0.620. The number of urea groups is 1. The van der Waals surface area contributed by atoms with Crippen molar-refractivity contribution in [3.63, 3.8) is 0 Å². The van der Waals surface area contributed by atoms with E-state index in [1.807, 2.05) is 20.8 Å². The van der Waals surface area contributed by atoms with E-state index < -0.39 is 10.8 Å². The van der Waals surface area contributed by atoms with Crippen LogP contribution in [0.5, 0.6) is 0 Å². The Balaban J connectivity index is 2.52. The summed E-state index contributed by atoms with van der Waals surface area (Å²) in [5.74, 6) is 0.662. The SMILES string of the molecule is CCS(=O)C1CCCCC1NC(=O)NC(C)C(C)CO. The summed E-state index contributed by atoms with van der Waals surface area (Å²) in [6.45, 7) is 5.74. The number of hydrogen-bond donors (Lipinski definition) is 3. The van der Waals surface area contributed by atoms with Crippen LogP contribution in [0.3, 0.4) is 0 Å². The van der Waals surface area contributed by atoms with Crippen molar-refractivity contribution in [3.8, 4) is 0 Å². The summed E-state index contributed by atoms with van der Waals surface area (Å²) in [5, 5.41) is 15.0. The summed E-state index contributed by atoms with van der Waals surface area (Å²) in [6, 6.07) is -0.303. The Labute approximate surface area is 124 Å². The van der Waals surface area contributed by atoms with E-state index >= 15 is 0 Å². The maximum absolute atomic E-state index is 12.0. The third-order valence-electron chi connectivity index (χ3n) is 4.14. The van der Waals surface area contributed by atoms with Gasteiger partial charge < -0.3 is 15.7 Å². The summed E-state index contributed by atoms with van der Waals surface area (Å²) in [7, 11) is -0.865. The lowest BCUT2D eigenvalue weighted by atomic mass is 9.95. The lowest BCUT2D eigenvalue weighted by molar-refractivity contribution is 0.197. The topological polar surface area (TPSA) is 78.4 Å². The van der Waals surface area contributed by atoms with Gasteiger partial charge in [0.25, 0.3) is 0 Å². The number of aliphatic hydroxyl groups is 1. The molecule has 5 nitrogen and oxygen atoms in total. The quantitative estimate of drug-likeness (QED) is 0.694. The minimum atomic E-state index is -0.865. The number of amides is 2. The minimum absolute atomic E-state index is 0.00108. The van der Waals surface area contributed by atoms with Crippen LogP contribution in [-0.4, -0.2) is 45.0 Å². The molecule has 0 saturated heterocycles. The molecule has 0 aliphatic heterocycles. The summed E-state index contributed by atoms with van der Waals surface area (Å²) in [6.07, 6.45) is 3.99. The van der Waals surface area contributed by atoms with Gasteiger partial charge in [0, 0.05) is 35.2 Å². The first-order valence-electron chi connectivity index (χ1n) is 7.54. The molecule has 0 radical (unpaired) electrons. The summed E-state index contributed by atoms with van der Waals surface area (Å²) in [4.78, 5) is 12.0. The van der Waals surface area contributed by atoms with Crippen LogP contribution in [-0.2, 0) is 10.8 Å². The third-order valence-corrected chi connectivity index (χ3v) is 5.95. The molecule has 5 unspecified atom stereocenters. The highest BCUT2D eigenvalue weighted by Gasteiger charge is 2.30. The van der Waals surface area contributed by atoms with Crippen LogP contribution in [0.25, 0.3) is 0 Å². The number of rotatable bonds is 6. The second-order valence-electron chi connectivity index (χ2n) is 5.67. The molecular formula is C14H28N2O3S. The zero-order valence-corrected chi connectivity index (χ0v) is 13.5. The van der Waals surface area contributed by atoms with E-state index in [0.29, 0.717) is 5.75 Å². The van der Waals surface area contributed by atoms with Crippen LogP contribution < -0.4 is 10.6 Å². The largest absolute Gasteiger partial charge is 0.396 e. The van der Waals surface area contributed by atoms with E-state index in [9.17, 15) is 9.00 Å². The number of nitrogens with one attached hydrogen (secondary N) is 2.